The van der Waals surface area contributed by atoms with Crippen LogP contribution in [-0.4, -0.2) is 48.2 Å². The first-order valence-electron chi connectivity index (χ1n) is 6.86. The van der Waals surface area contributed by atoms with Crippen LogP contribution in [0.25, 0.3) is 0 Å². The molecular formula is C13H24N2O2. The fourth-order valence-corrected chi connectivity index (χ4v) is 3.22. The van der Waals surface area contributed by atoms with E-state index in [2.05, 4.69) is 17.1 Å². The third-order valence-electron chi connectivity index (χ3n) is 4.31. The summed E-state index contributed by atoms with van der Waals surface area (Å²) in [6.07, 6.45) is 4.56. The topological polar surface area (TPSA) is 52.6 Å². The van der Waals surface area contributed by atoms with E-state index in [0.29, 0.717) is 5.92 Å². The van der Waals surface area contributed by atoms with Crippen molar-refractivity contribution >= 4 is 5.97 Å². The number of rotatable bonds is 3. The Hall–Kier alpha value is -0.610. The van der Waals surface area contributed by atoms with E-state index in [1.165, 1.54) is 12.8 Å². The molecule has 1 atom stereocenters. The predicted molar refractivity (Wildman–Crippen MR) is 67.0 cm³/mol. The summed E-state index contributed by atoms with van der Waals surface area (Å²) in [5.74, 6) is 0.525. The summed E-state index contributed by atoms with van der Waals surface area (Å²) in [4.78, 5) is 13.7. The highest BCUT2D eigenvalue weighted by atomic mass is 16.4. The third kappa shape index (κ3) is 3.19. The van der Waals surface area contributed by atoms with E-state index < -0.39 is 5.97 Å². The molecule has 2 aliphatic rings. The molecule has 1 unspecified atom stereocenters. The Bertz CT molecular complexity index is 256. The van der Waals surface area contributed by atoms with Crippen molar-refractivity contribution in [3.05, 3.63) is 0 Å². The molecule has 2 fully saturated rings. The zero-order valence-electron chi connectivity index (χ0n) is 10.7. The molecule has 0 aromatic heterocycles. The summed E-state index contributed by atoms with van der Waals surface area (Å²) in [5, 5.41) is 12.8. The average Bonchev–Trinajstić information content (AvgIpc) is 2.33. The molecule has 0 amide bonds. The molecule has 17 heavy (non-hydrogen) atoms. The van der Waals surface area contributed by atoms with Crippen molar-refractivity contribution in [1.29, 1.82) is 0 Å². The van der Waals surface area contributed by atoms with Gasteiger partial charge in [-0.25, -0.2) is 0 Å². The highest BCUT2D eigenvalue weighted by Crippen LogP contribution is 2.32. The fourth-order valence-electron chi connectivity index (χ4n) is 3.22. The van der Waals surface area contributed by atoms with Crippen molar-refractivity contribution < 1.29 is 9.90 Å². The van der Waals surface area contributed by atoms with Crippen LogP contribution in [0.3, 0.4) is 0 Å². The lowest BCUT2D eigenvalue weighted by Gasteiger charge is -2.39. The lowest BCUT2D eigenvalue weighted by molar-refractivity contribution is -0.146. The van der Waals surface area contributed by atoms with Gasteiger partial charge in [-0.3, -0.25) is 9.69 Å². The van der Waals surface area contributed by atoms with Gasteiger partial charge in [-0.15, -0.1) is 0 Å². The van der Waals surface area contributed by atoms with Gasteiger partial charge in [0.05, 0.1) is 0 Å². The SMILES string of the molecule is CC1CCC(C(C(=O)O)N2CCNCC2)CC1. The van der Waals surface area contributed by atoms with Crippen molar-refractivity contribution in [2.75, 3.05) is 26.2 Å². The molecule has 1 saturated heterocycles. The van der Waals surface area contributed by atoms with Crippen molar-refractivity contribution in [2.24, 2.45) is 11.8 Å². The van der Waals surface area contributed by atoms with Gasteiger partial charge in [-0.1, -0.05) is 19.8 Å². The first-order chi connectivity index (χ1) is 8.18. The normalized spacial score (nSPS) is 33.2. The molecule has 4 heteroatoms. The zero-order chi connectivity index (χ0) is 12.3. The number of carbonyl (C=O) groups is 1. The molecule has 0 radical (unpaired) electrons. The quantitative estimate of drug-likeness (QED) is 0.777. The maximum atomic E-state index is 11.5. The number of piperazine rings is 1. The number of hydrogen-bond acceptors (Lipinski definition) is 3. The average molecular weight is 240 g/mol. The summed E-state index contributed by atoms with van der Waals surface area (Å²) >= 11 is 0. The largest absolute Gasteiger partial charge is 0.480 e. The summed E-state index contributed by atoms with van der Waals surface area (Å²) < 4.78 is 0. The summed E-state index contributed by atoms with van der Waals surface area (Å²) in [5.41, 5.74) is 0. The van der Waals surface area contributed by atoms with Crippen LogP contribution in [0, 0.1) is 11.8 Å². The smallest absolute Gasteiger partial charge is 0.321 e. The van der Waals surface area contributed by atoms with E-state index in [9.17, 15) is 9.90 Å². The Morgan fingerprint density at radius 1 is 1.24 bits per heavy atom. The predicted octanol–water partition coefficient (Wildman–Crippen LogP) is 1.17. The molecule has 1 aliphatic heterocycles. The lowest BCUT2D eigenvalue weighted by Crippen LogP contribution is -2.54. The summed E-state index contributed by atoms with van der Waals surface area (Å²) in [6.45, 7) is 5.88. The van der Waals surface area contributed by atoms with Gasteiger partial charge in [0.1, 0.15) is 6.04 Å². The standard InChI is InChI=1S/C13H24N2O2/c1-10-2-4-11(5-3-10)12(13(16)17)15-8-6-14-7-9-15/h10-12,14H,2-9H2,1H3,(H,16,17). The highest BCUT2D eigenvalue weighted by Gasteiger charge is 2.35. The first-order valence-corrected chi connectivity index (χ1v) is 6.86. The zero-order valence-corrected chi connectivity index (χ0v) is 10.7. The van der Waals surface area contributed by atoms with E-state index in [1.807, 2.05) is 0 Å². The molecular weight excluding hydrogens is 216 g/mol. The first kappa shape index (κ1) is 12.8. The van der Waals surface area contributed by atoms with Crippen molar-refractivity contribution in [2.45, 2.75) is 38.6 Å². The van der Waals surface area contributed by atoms with Crippen LogP contribution in [0.4, 0.5) is 0 Å². The van der Waals surface area contributed by atoms with Crippen LogP contribution in [0.2, 0.25) is 0 Å². The van der Waals surface area contributed by atoms with Gasteiger partial charge in [0, 0.05) is 26.2 Å². The Labute approximate surface area is 103 Å². The molecule has 0 aromatic carbocycles. The summed E-state index contributed by atoms with van der Waals surface area (Å²) in [7, 11) is 0. The number of carboxylic acid groups (broad SMARTS) is 1. The van der Waals surface area contributed by atoms with Crippen molar-refractivity contribution in [3.8, 4) is 0 Å². The fraction of sp³-hybridized carbons (Fsp3) is 0.923. The molecule has 0 aromatic rings. The molecule has 98 valence electrons. The minimum absolute atomic E-state index is 0.246. The van der Waals surface area contributed by atoms with Gasteiger partial charge in [-0.2, -0.15) is 0 Å². The van der Waals surface area contributed by atoms with Crippen LogP contribution in [0.5, 0.6) is 0 Å². The van der Waals surface area contributed by atoms with Crippen LogP contribution in [0.15, 0.2) is 0 Å². The molecule has 2 N–H and O–H groups in total. The number of hydrogen-bond donors (Lipinski definition) is 2. The molecule has 4 nitrogen and oxygen atoms in total. The Kier molecular flexibility index (Phi) is 4.40. The second-order valence-corrected chi connectivity index (χ2v) is 5.59. The molecule has 1 aliphatic carbocycles. The number of aliphatic carboxylic acids is 1. The monoisotopic (exact) mass is 240 g/mol. The van der Waals surface area contributed by atoms with E-state index >= 15 is 0 Å². The Morgan fingerprint density at radius 3 is 2.35 bits per heavy atom. The minimum atomic E-state index is -0.619. The Morgan fingerprint density at radius 2 is 1.82 bits per heavy atom. The molecule has 0 bridgehead atoms. The van der Waals surface area contributed by atoms with Crippen molar-refractivity contribution in [1.82, 2.24) is 10.2 Å². The van der Waals surface area contributed by atoms with Crippen molar-refractivity contribution in [3.63, 3.8) is 0 Å². The van der Waals surface area contributed by atoms with Crippen LogP contribution < -0.4 is 5.32 Å². The van der Waals surface area contributed by atoms with Gasteiger partial charge < -0.3 is 10.4 Å². The summed E-state index contributed by atoms with van der Waals surface area (Å²) in [6, 6.07) is -0.246. The number of carboxylic acids is 1. The van der Waals surface area contributed by atoms with Crippen LogP contribution >= 0.6 is 0 Å². The number of nitrogens with zero attached hydrogens (tertiary/aromatic N) is 1. The maximum absolute atomic E-state index is 11.5. The third-order valence-corrected chi connectivity index (χ3v) is 4.31. The number of nitrogens with one attached hydrogen (secondary N) is 1. The van der Waals surface area contributed by atoms with Crippen LogP contribution in [0.1, 0.15) is 32.6 Å². The van der Waals surface area contributed by atoms with Crippen LogP contribution in [-0.2, 0) is 4.79 Å². The molecule has 1 saturated carbocycles. The second-order valence-electron chi connectivity index (χ2n) is 5.59. The molecule has 0 spiro atoms. The van der Waals surface area contributed by atoms with Gasteiger partial charge in [0.25, 0.3) is 0 Å². The maximum Gasteiger partial charge on any atom is 0.321 e. The molecule has 1 heterocycles. The molecule has 2 rings (SSSR count). The van der Waals surface area contributed by atoms with Gasteiger partial charge >= 0.3 is 5.97 Å². The van der Waals surface area contributed by atoms with Gasteiger partial charge in [0.2, 0.25) is 0 Å². The van der Waals surface area contributed by atoms with E-state index in [1.54, 1.807) is 0 Å². The van der Waals surface area contributed by atoms with Gasteiger partial charge in [0.15, 0.2) is 0 Å². The van der Waals surface area contributed by atoms with E-state index in [-0.39, 0.29) is 6.04 Å². The lowest BCUT2D eigenvalue weighted by atomic mass is 9.78. The van der Waals surface area contributed by atoms with E-state index in [4.69, 9.17) is 0 Å². The second kappa shape index (κ2) is 5.83. The Balaban J connectivity index is 1.98. The van der Waals surface area contributed by atoms with E-state index in [0.717, 1.165) is 44.9 Å². The minimum Gasteiger partial charge on any atom is -0.480 e. The highest BCUT2D eigenvalue weighted by molar-refractivity contribution is 5.74. The van der Waals surface area contributed by atoms with Gasteiger partial charge in [-0.05, 0) is 24.7 Å².